The molecule has 2 rings (SSSR count). The van der Waals surface area contributed by atoms with Crippen molar-refractivity contribution in [3.63, 3.8) is 0 Å². The second-order valence-corrected chi connectivity index (χ2v) is 7.27. The fourth-order valence-corrected chi connectivity index (χ4v) is 3.59. The molecule has 22 heavy (non-hydrogen) atoms. The van der Waals surface area contributed by atoms with Crippen molar-refractivity contribution in [2.24, 2.45) is 0 Å². The van der Waals surface area contributed by atoms with Crippen LogP contribution in [-0.4, -0.2) is 31.1 Å². The van der Waals surface area contributed by atoms with Gasteiger partial charge in [0.15, 0.2) is 0 Å². The molecule has 8 nitrogen and oxygen atoms in total. The van der Waals surface area contributed by atoms with Crippen molar-refractivity contribution in [1.29, 1.82) is 0 Å². The summed E-state index contributed by atoms with van der Waals surface area (Å²) in [5.74, 6) is 0.561. The van der Waals surface area contributed by atoms with E-state index in [1.165, 1.54) is 0 Å². The first kappa shape index (κ1) is 16.6. The summed E-state index contributed by atoms with van der Waals surface area (Å²) in [6.07, 6.45) is 3.11. The van der Waals surface area contributed by atoms with Gasteiger partial charge in [-0.15, -0.1) is 10.2 Å². The van der Waals surface area contributed by atoms with E-state index >= 15 is 0 Å². The number of aromatic nitrogens is 2. The quantitative estimate of drug-likeness (QED) is 0.552. The molecule has 0 unspecified atom stereocenters. The van der Waals surface area contributed by atoms with E-state index < -0.39 is 10.0 Å². The van der Waals surface area contributed by atoms with E-state index in [2.05, 4.69) is 20.2 Å². The lowest BCUT2D eigenvalue weighted by Gasteiger charge is -2.02. The first-order valence-corrected chi connectivity index (χ1v) is 8.96. The van der Waals surface area contributed by atoms with Crippen molar-refractivity contribution in [3.8, 4) is 0 Å². The van der Waals surface area contributed by atoms with Crippen molar-refractivity contribution >= 4 is 32.4 Å². The number of hydrogen-bond acceptors (Lipinski definition) is 7. The van der Waals surface area contributed by atoms with Gasteiger partial charge in [0.05, 0.1) is 6.26 Å². The van der Waals surface area contributed by atoms with Gasteiger partial charge < -0.3 is 9.73 Å². The number of furan rings is 1. The predicted octanol–water partition coefficient (Wildman–Crippen LogP) is 1.39. The van der Waals surface area contributed by atoms with Gasteiger partial charge in [0.2, 0.25) is 15.4 Å². The SMILES string of the molecule is CCC(=O)Nc1nnc(S(=O)(=O)NCCCc2ccco2)s1. The zero-order valence-electron chi connectivity index (χ0n) is 11.9. The minimum absolute atomic E-state index is 0.169. The average Bonchev–Trinajstić information content (AvgIpc) is 3.15. The summed E-state index contributed by atoms with van der Waals surface area (Å²) in [5.41, 5.74) is 0. The zero-order valence-corrected chi connectivity index (χ0v) is 13.5. The number of anilines is 1. The summed E-state index contributed by atoms with van der Waals surface area (Å²) < 4.78 is 31.5. The highest BCUT2D eigenvalue weighted by atomic mass is 32.2. The third-order valence-electron chi connectivity index (χ3n) is 2.68. The second-order valence-electron chi connectivity index (χ2n) is 4.36. The van der Waals surface area contributed by atoms with Crippen LogP contribution < -0.4 is 10.0 Å². The number of carbonyl (C=O) groups excluding carboxylic acids is 1. The summed E-state index contributed by atoms with van der Waals surface area (Å²) in [6.45, 7) is 1.95. The van der Waals surface area contributed by atoms with Crippen molar-refractivity contribution in [2.75, 3.05) is 11.9 Å². The van der Waals surface area contributed by atoms with Crippen molar-refractivity contribution in [3.05, 3.63) is 24.2 Å². The van der Waals surface area contributed by atoms with Crippen LogP contribution in [-0.2, 0) is 21.2 Å². The third-order valence-corrected chi connectivity index (χ3v) is 5.34. The Kier molecular flexibility index (Phi) is 5.63. The molecule has 0 fully saturated rings. The Labute approximate surface area is 132 Å². The highest BCUT2D eigenvalue weighted by molar-refractivity contribution is 7.91. The number of amides is 1. The maximum atomic E-state index is 12.0. The molecule has 0 saturated carbocycles. The van der Waals surface area contributed by atoms with Gasteiger partial charge in [-0.25, -0.2) is 13.1 Å². The van der Waals surface area contributed by atoms with Gasteiger partial charge in [0, 0.05) is 19.4 Å². The minimum Gasteiger partial charge on any atom is -0.469 e. The summed E-state index contributed by atoms with van der Waals surface area (Å²) in [5, 5.41) is 9.87. The fraction of sp³-hybridized carbons (Fsp3) is 0.417. The molecule has 0 aliphatic rings. The standard InChI is InChI=1S/C12H16N4O4S2/c1-2-10(17)14-11-15-16-12(21-11)22(18,19)13-7-3-5-9-6-4-8-20-9/h4,6,8,13H,2-3,5,7H2,1H3,(H,14,15,17). The van der Waals surface area contributed by atoms with Crippen LogP contribution in [0.3, 0.4) is 0 Å². The monoisotopic (exact) mass is 344 g/mol. The van der Waals surface area contributed by atoms with Crippen LogP contribution in [0.5, 0.6) is 0 Å². The van der Waals surface area contributed by atoms with E-state index in [0.717, 1.165) is 17.1 Å². The van der Waals surface area contributed by atoms with Gasteiger partial charge in [-0.3, -0.25) is 4.79 Å². The van der Waals surface area contributed by atoms with E-state index in [1.54, 1.807) is 19.3 Å². The maximum Gasteiger partial charge on any atom is 0.269 e. The van der Waals surface area contributed by atoms with Crippen LogP contribution in [0, 0.1) is 0 Å². The smallest absolute Gasteiger partial charge is 0.269 e. The van der Waals surface area contributed by atoms with Gasteiger partial charge in [0.25, 0.3) is 10.0 Å². The number of aryl methyl sites for hydroxylation is 1. The van der Waals surface area contributed by atoms with Crippen LogP contribution in [0.15, 0.2) is 27.2 Å². The van der Waals surface area contributed by atoms with E-state index in [0.29, 0.717) is 12.8 Å². The molecular formula is C12H16N4O4S2. The lowest BCUT2D eigenvalue weighted by Crippen LogP contribution is -2.25. The van der Waals surface area contributed by atoms with E-state index in [1.807, 2.05) is 6.07 Å². The summed E-state index contributed by atoms with van der Waals surface area (Å²) in [7, 11) is -3.71. The Bertz CT molecular complexity index is 709. The molecule has 0 aliphatic carbocycles. The predicted molar refractivity (Wildman–Crippen MR) is 81.0 cm³/mol. The molecule has 0 atom stereocenters. The number of carbonyl (C=O) groups is 1. The topological polar surface area (TPSA) is 114 Å². The van der Waals surface area contributed by atoms with Crippen LogP contribution in [0.4, 0.5) is 5.13 Å². The molecule has 2 N–H and O–H groups in total. The van der Waals surface area contributed by atoms with Gasteiger partial charge in [-0.1, -0.05) is 18.3 Å². The number of nitrogens with one attached hydrogen (secondary N) is 2. The van der Waals surface area contributed by atoms with E-state index in [9.17, 15) is 13.2 Å². The van der Waals surface area contributed by atoms with Gasteiger partial charge in [-0.05, 0) is 18.6 Å². The molecule has 2 aromatic rings. The molecule has 0 radical (unpaired) electrons. The van der Waals surface area contributed by atoms with Crippen LogP contribution in [0.1, 0.15) is 25.5 Å². The highest BCUT2D eigenvalue weighted by Gasteiger charge is 2.20. The molecule has 0 saturated heterocycles. The van der Waals surface area contributed by atoms with Crippen LogP contribution >= 0.6 is 11.3 Å². The van der Waals surface area contributed by atoms with Gasteiger partial charge in [0.1, 0.15) is 5.76 Å². The first-order valence-electron chi connectivity index (χ1n) is 6.66. The number of sulfonamides is 1. The molecule has 2 heterocycles. The zero-order chi connectivity index (χ0) is 16.0. The second kappa shape index (κ2) is 7.47. The summed E-state index contributed by atoms with van der Waals surface area (Å²) in [6, 6.07) is 3.62. The highest BCUT2D eigenvalue weighted by Crippen LogP contribution is 2.19. The Morgan fingerprint density at radius 1 is 1.41 bits per heavy atom. The molecule has 0 bridgehead atoms. The van der Waals surface area contributed by atoms with Crippen molar-refractivity contribution in [1.82, 2.24) is 14.9 Å². The summed E-state index contributed by atoms with van der Waals surface area (Å²) >= 11 is 0.816. The third kappa shape index (κ3) is 4.61. The Balaban J connectivity index is 1.85. The maximum absolute atomic E-state index is 12.0. The fourth-order valence-electron chi connectivity index (χ4n) is 1.56. The van der Waals surface area contributed by atoms with E-state index in [-0.39, 0.29) is 28.3 Å². The van der Waals surface area contributed by atoms with E-state index in [4.69, 9.17) is 4.42 Å². The van der Waals surface area contributed by atoms with Crippen LogP contribution in [0.25, 0.3) is 0 Å². The van der Waals surface area contributed by atoms with Gasteiger partial charge >= 0.3 is 0 Å². The Morgan fingerprint density at radius 3 is 2.91 bits per heavy atom. The van der Waals surface area contributed by atoms with Crippen LogP contribution in [0.2, 0.25) is 0 Å². The largest absolute Gasteiger partial charge is 0.469 e. The number of hydrogen-bond donors (Lipinski definition) is 2. The lowest BCUT2D eigenvalue weighted by atomic mass is 10.2. The number of nitrogens with zero attached hydrogens (tertiary/aromatic N) is 2. The Hall–Kier alpha value is -1.78. The molecule has 0 aromatic carbocycles. The molecular weight excluding hydrogens is 328 g/mol. The molecule has 0 aliphatic heterocycles. The van der Waals surface area contributed by atoms with Gasteiger partial charge in [-0.2, -0.15) is 0 Å². The Morgan fingerprint density at radius 2 is 2.23 bits per heavy atom. The summed E-state index contributed by atoms with van der Waals surface area (Å²) in [4.78, 5) is 11.2. The number of rotatable bonds is 8. The average molecular weight is 344 g/mol. The molecule has 2 aromatic heterocycles. The first-order chi connectivity index (χ1) is 10.5. The van der Waals surface area contributed by atoms with Crippen molar-refractivity contribution in [2.45, 2.75) is 30.5 Å². The normalized spacial score (nSPS) is 11.5. The lowest BCUT2D eigenvalue weighted by molar-refractivity contribution is -0.115. The minimum atomic E-state index is -3.71. The van der Waals surface area contributed by atoms with Crippen molar-refractivity contribution < 1.29 is 17.6 Å². The molecule has 10 heteroatoms. The molecule has 120 valence electrons. The molecule has 0 spiro atoms. The molecule has 1 amide bonds.